The minimum Gasteiger partial charge on any atom is -0.497 e. The highest BCUT2D eigenvalue weighted by molar-refractivity contribution is 6.12. The Bertz CT molecular complexity index is 1780. The minimum atomic E-state index is -1.02. The zero-order valence-electron chi connectivity index (χ0n) is 27.3. The van der Waals surface area contributed by atoms with E-state index in [0.717, 1.165) is 11.1 Å². The summed E-state index contributed by atoms with van der Waals surface area (Å²) in [5.74, 6) is 0.529. The van der Waals surface area contributed by atoms with Gasteiger partial charge in [0.1, 0.15) is 36.8 Å². The van der Waals surface area contributed by atoms with E-state index < -0.39 is 48.4 Å². The molecule has 0 saturated carbocycles. The number of hydrogen-bond donors (Lipinski definition) is 0. The lowest BCUT2D eigenvalue weighted by Gasteiger charge is -2.61. The number of ether oxygens (including phenoxy) is 4. The number of carbonyl (C=O) groups excluding carboxylic acids is 4. The Hall–Kier alpha value is -6.04. The van der Waals surface area contributed by atoms with Crippen LogP contribution in [0, 0.1) is 0 Å². The van der Waals surface area contributed by atoms with Crippen molar-refractivity contribution >= 4 is 35.4 Å². The number of methoxy groups -OCH3 is 2. The number of hydrogen-bond acceptors (Lipinski definition) is 8. The van der Waals surface area contributed by atoms with Crippen LogP contribution in [-0.4, -0.2) is 85.4 Å². The molecule has 4 heterocycles. The van der Waals surface area contributed by atoms with E-state index in [0.29, 0.717) is 22.9 Å². The monoisotopic (exact) mass is 674 g/mol. The van der Waals surface area contributed by atoms with Crippen LogP contribution in [0.25, 0.3) is 0 Å². The van der Waals surface area contributed by atoms with Gasteiger partial charge in [-0.15, -0.1) is 0 Å². The summed E-state index contributed by atoms with van der Waals surface area (Å²) in [6, 6.07) is 28.1. The van der Waals surface area contributed by atoms with E-state index in [1.54, 1.807) is 72.6 Å². The molecule has 4 aromatic carbocycles. The van der Waals surface area contributed by atoms with Gasteiger partial charge in [0.05, 0.1) is 38.4 Å². The Morgan fingerprint density at radius 1 is 0.520 bits per heavy atom. The fourth-order valence-corrected chi connectivity index (χ4v) is 7.66. The molecule has 12 nitrogen and oxygen atoms in total. The van der Waals surface area contributed by atoms with Gasteiger partial charge in [0.2, 0.25) is 0 Å². The third-order valence-electron chi connectivity index (χ3n) is 10.1. The van der Waals surface area contributed by atoms with Gasteiger partial charge in [0.25, 0.3) is 11.8 Å². The normalized spacial score (nSPS) is 26.0. The van der Waals surface area contributed by atoms with Crippen molar-refractivity contribution < 1.29 is 38.1 Å². The number of cyclic esters (lactones) is 2. The standard InChI is InChI=1S/C38H34N4O8/c1-47-27-17-13-25(14-18-27)39-31(33(35(39)43)41-29(21-49-37(41)45)23-9-5-3-6-10-23)32-34(36(44)40(32)26-15-19-28(48-2)20-16-26)42-30(22-50-38(42)46)24-11-7-4-8-12-24/h3-20,29-34H,21-22H2,1-2H3/t29-,30-,31-,32-,33+,34+/m1/s1. The first kappa shape index (κ1) is 31.2. The molecule has 0 aliphatic carbocycles. The maximum Gasteiger partial charge on any atom is 0.411 e. The molecule has 4 aliphatic rings. The number of amides is 4. The molecular formula is C38H34N4O8. The van der Waals surface area contributed by atoms with E-state index in [2.05, 4.69) is 0 Å². The van der Waals surface area contributed by atoms with E-state index in [1.165, 1.54) is 9.80 Å². The highest BCUT2D eigenvalue weighted by atomic mass is 16.6. The molecule has 12 heteroatoms. The van der Waals surface area contributed by atoms with Gasteiger partial charge < -0.3 is 28.7 Å². The molecule has 4 amide bonds. The van der Waals surface area contributed by atoms with Crippen molar-refractivity contribution in [2.45, 2.75) is 36.3 Å². The van der Waals surface area contributed by atoms with Gasteiger partial charge in [0.15, 0.2) is 0 Å². The highest BCUT2D eigenvalue weighted by Crippen LogP contribution is 2.48. The number of β-lactam (4-membered cyclic amide) rings is 2. The molecule has 50 heavy (non-hydrogen) atoms. The quantitative estimate of drug-likeness (QED) is 0.229. The number of nitrogens with zero attached hydrogens (tertiary/aromatic N) is 4. The summed E-state index contributed by atoms with van der Waals surface area (Å²) < 4.78 is 21.9. The molecule has 0 bridgehead atoms. The molecule has 6 atom stereocenters. The predicted molar refractivity (Wildman–Crippen MR) is 181 cm³/mol. The lowest BCUT2D eigenvalue weighted by atomic mass is 9.75. The lowest BCUT2D eigenvalue weighted by molar-refractivity contribution is -0.140. The van der Waals surface area contributed by atoms with E-state index in [9.17, 15) is 19.2 Å². The van der Waals surface area contributed by atoms with E-state index in [1.807, 2.05) is 60.7 Å². The smallest absolute Gasteiger partial charge is 0.411 e. The fraction of sp³-hybridized carbons (Fsp3) is 0.263. The zero-order valence-corrected chi connectivity index (χ0v) is 27.3. The molecule has 4 aliphatic heterocycles. The maximum absolute atomic E-state index is 14.5. The third kappa shape index (κ3) is 4.89. The third-order valence-corrected chi connectivity index (χ3v) is 10.1. The van der Waals surface area contributed by atoms with Crippen molar-refractivity contribution in [1.29, 1.82) is 0 Å². The summed E-state index contributed by atoms with van der Waals surface area (Å²) >= 11 is 0. The summed E-state index contributed by atoms with van der Waals surface area (Å²) in [6.45, 7) is 0.122. The Labute approximate surface area is 288 Å². The van der Waals surface area contributed by atoms with Gasteiger partial charge in [-0.2, -0.15) is 0 Å². The van der Waals surface area contributed by atoms with Crippen LogP contribution in [0.15, 0.2) is 109 Å². The predicted octanol–water partition coefficient (Wildman–Crippen LogP) is 4.96. The summed E-state index contributed by atoms with van der Waals surface area (Å²) in [4.78, 5) is 62.4. The summed E-state index contributed by atoms with van der Waals surface area (Å²) in [6.07, 6.45) is -1.25. The van der Waals surface area contributed by atoms with Crippen molar-refractivity contribution in [3.05, 3.63) is 120 Å². The number of anilines is 2. The molecule has 254 valence electrons. The molecule has 4 aromatic rings. The van der Waals surface area contributed by atoms with Crippen LogP contribution in [0.4, 0.5) is 21.0 Å². The van der Waals surface area contributed by atoms with Crippen LogP contribution in [0.2, 0.25) is 0 Å². The second-order valence-corrected chi connectivity index (χ2v) is 12.5. The van der Waals surface area contributed by atoms with Crippen LogP contribution in [0.3, 0.4) is 0 Å². The topological polar surface area (TPSA) is 118 Å². The highest BCUT2D eigenvalue weighted by Gasteiger charge is 2.68. The molecule has 0 unspecified atom stereocenters. The van der Waals surface area contributed by atoms with Crippen LogP contribution in [0.1, 0.15) is 23.2 Å². The van der Waals surface area contributed by atoms with Crippen molar-refractivity contribution in [1.82, 2.24) is 9.80 Å². The molecule has 4 fully saturated rings. The fourth-order valence-electron chi connectivity index (χ4n) is 7.66. The molecule has 0 N–H and O–H groups in total. The first-order valence-corrected chi connectivity index (χ1v) is 16.4. The lowest BCUT2D eigenvalue weighted by Crippen LogP contribution is -2.85. The first-order valence-electron chi connectivity index (χ1n) is 16.4. The van der Waals surface area contributed by atoms with Crippen LogP contribution in [0.5, 0.6) is 11.5 Å². The average molecular weight is 675 g/mol. The largest absolute Gasteiger partial charge is 0.497 e. The van der Waals surface area contributed by atoms with Gasteiger partial charge in [-0.3, -0.25) is 19.4 Å². The Morgan fingerprint density at radius 3 is 1.22 bits per heavy atom. The van der Waals surface area contributed by atoms with Crippen molar-refractivity contribution in [2.24, 2.45) is 0 Å². The Kier molecular flexibility index (Phi) is 7.78. The minimum absolute atomic E-state index is 0.0611. The molecule has 0 aromatic heterocycles. The van der Waals surface area contributed by atoms with Gasteiger partial charge in [-0.1, -0.05) is 60.7 Å². The van der Waals surface area contributed by atoms with Crippen molar-refractivity contribution in [3.63, 3.8) is 0 Å². The molecule has 8 rings (SSSR count). The first-order chi connectivity index (χ1) is 24.4. The van der Waals surface area contributed by atoms with E-state index >= 15 is 0 Å². The summed E-state index contributed by atoms with van der Waals surface area (Å²) in [5, 5.41) is 0. The second-order valence-electron chi connectivity index (χ2n) is 12.5. The maximum atomic E-state index is 14.5. The van der Waals surface area contributed by atoms with Crippen molar-refractivity contribution in [2.75, 3.05) is 37.2 Å². The van der Waals surface area contributed by atoms with Crippen molar-refractivity contribution in [3.8, 4) is 11.5 Å². The van der Waals surface area contributed by atoms with Crippen LogP contribution < -0.4 is 19.3 Å². The average Bonchev–Trinajstić information content (AvgIpc) is 3.72. The Balaban J connectivity index is 1.27. The number of carbonyl (C=O) groups is 4. The van der Waals surface area contributed by atoms with Gasteiger partial charge in [-0.25, -0.2) is 9.59 Å². The molecule has 0 radical (unpaired) electrons. The molecule has 0 spiro atoms. The van der Waals surface area contributed by atoms with E-state index in [4.69, 9.17) is 18.9 Å². The van der Waals surface area contributed by atoms with E-state index in [-0.39, 0.29) is 25.0 Å². The number of benzene rings is 4. The summed E-state index contributed by atoms with van der Waals surface area (Å²) in [5.41, 5.74) is 2.73. The number of rotatable bonds is 9. The van der Waals surface area contributed by atoms with Crippen LogP contribution in [-0.2, 0) is 19.1 Å². The Morgan fingerprint density at radius 2 is 0.880 bits per heavy atom. The second kappa shape index (κ2) is 12.4. The molecular weight excluding hydrogens is 640 g/mol. The summed E-state index contributed by atoms with van der Waals surface area (Å²) in [7, 11) is 3.11. The van der Waals surface area contributed by atoms with Gasteiger partial charge >= 0.3 is 12.2 Å². The van der Waals surface area contributed by atoms with Gasteiger partial charge in [0, 0.05) is 11.4 Å². The SMILES string of the molecule is COc1ccc(N2C(=O)[C@@H](N3C(=O)OC[C@@H]3c3ccccc3)[C@H]2[C@@H]2[C@H](N3C(=O)OC[C@@H]3c3ccccc3)C(=O)N2c2ccc(OC)cc2)cc1. The van der Waals surface area contributed by atoms with Gasteiger partial charge in [-0.05, 0) is 59.7 Å². The zero-order chi connectivity index (χ0) is 34.5. The molecule has 4 saturated heterocycles. The van der Waals surface area contributed by atoms with Crippen LogP contribution >= 0.6 is 0 Å².